The molecule has 0 spiro atoms. The zero-order valence-electron chi connectivity index (χ0n) is 11.1. The van der Waals surface area contributed by atoms with Crippen molar-refractivity contribution in [2.24, 2.45) is 0 Å². The third kappa shape index (κ3) is 2.69. The van der Waals surface area contributed by atoms with Gasteiger partial charge in [-0.05, 0) is 31.9 Å². The van der Waals surface area contributed by atoms with Crippen LogP contribution in [0.1, 0.15) is 19.8 Å². The average molecular weight is 301 g/mol. The number of halogens is 1. The summed E-state index contributed by atoms with van der Waals surface area (Å²) in [5.74, 6) is -1.40. The fourth-order valence-corrected chi connectivity index (χ4v) is 4.00. The first kappa shape index (κ1) is 14.9. The predicted molar refractivity (Wildman–Crippen MR) is 69.9 cm³/mol. The summed E-state index contributed by atoms with van der Waals surface area (Å²) in [5, 5.41) is 0. The van der Waals surface area contributed by atoms with Crippen LogP contribution in [-0.4, -0.2) is 37.9 Å². The van der Waals surface area contributed by atoms with Crippen LogP contribution in [0.15, 0.2) is 29.2 Å². The van der Waals surface area contributed by atoms with Crippen molar-refractivity contribution in [2.75, 3.05) is 13.2 Å². The van der Waals surface area contributed by atoms with Gasteiger partial charge in [0.05, 0.1) is 6.61 Å². The number of esters is 1. The summed E-state index contributed by atoms with van der Waals surface area (Å²) < 4.78 is 44.5. The summed E-state index contributed by atoms with van der Waals surface area (Å²) in [7, 11) is -4.02. The first-order valence-electron chi connectivity index (χ1n) is 6.41. The minimum absolute atomic E-state index is 0.183. The molecule has 0 bridgehead atoms. The Morgan fingerprint density at radius 2 is 2.15 bits per heavy atom. The number of rotatable bonds is 4. The largest absolute Gasteiger partial charge is 0.465 e. The second-order valence-electron chi connectivity index (χ2n) is 4.46. The molecule has 0 aliphatic carbocycles. The summed E-state index contributed by atoms with van der Waals surface area (Å²) in [6, 6.07) is 4.29. The lowest BCUT2D eigenvalue weighted by Crippen LogP contribution is -2.41. The van der Waals surface area contributed by atoms with Gasteiger partial charge in [-0.3, -0.25) is 4.79 Å². The number of carbonyl (C=O) groups excluding carboxylic acids is 1. The average Bonchev–Trinajstić information content (AvgIpc) is 2.89. The molecule has 5 nitrogen and oxygen atoms in total. The van der Waals surface area contributed by atoms with Gasteiger partial charge < -0.3 is 4.74 Å². The molecule has 1 aromatic rings. The Hall–Kier alpha value is -1.47. The third-order valence-corrected chi connectivity index (χ3v) is 5.13. The maximum atomic E-state index is 13.7. The van der Waals surface area contributed by atoms with Crippen LogP contribution in [0.2, 0.25) is 0 Å². The number of hydrogen-bond donors (Lipinski definition) is 0. The topological polar surface area (TPSA) is 63.7 Å². The van der Waals surface area contributed by atoms with E-state index in [0.717, 1.165) is 10.4 Å². The highest BCUT2D eigenvalue weighted by Crippen LogP contribution is 2.28. The summed E-state index contributed by atoms with van der Waals surface area (Å²) in [4.78, 5) is 11.4. The molecule has 0 N–H and O–H groups in total. The second kappa shape index (κ2) is 5.88. The van der Waals surface area contributed by atoms with Crippen LogP contribution in [-0.2, 0) is 19.6 Å². The highest BCUT2D eigenvalue weighted by Gasteiger charge is 2.41. The van der Waals surface area contributed by atoms with Crippen LogP contribution in [0, 0.1) is 5.82 Å². The summed E-state index contributed by atoms with van der Waals surface area (Å²) >= 11 is 0. The van der Waals surface area contributed by atoms with E-state index in [-0.39, 0.29) is 13.2 Å². The quantitative estimate of drug-likeness (QED) is 0.791. The zero-order valence-corrected chi connectivity index (χ0v) is 11.9. The molecular weight excluding hydrogens is 285 g/mol. The fraction of sp³-hybridized carbons (Fsp3) is 0.462. The molecule has 1 atom stereocenters. The van der Waals surface area contributed by atoms with Crippen molar-refractivity contribution in [1.82, 2.24) is 4.31 Å². The van der Waals surface area contributed by atoms with E-state index in [0.29, 0.717) is 12.8 Å². The molecule has 1 heterocycles. The molecule has 1 aliphatic rings. The molecule has 7 heteroatoms. The van der Waals surface area contributed by atoms with Crippen molar-refractivity contribution in [2.45, 2.75) is 30.7 Å². The molecule has 110 valence electrons. The van der Waals surface area contributed by atoms with Gasteiger partial charge in [-0.2, -0.15) is 4.31 Å². The molecule has 0 aromatic heterocycles. The molecule has 1 saturated heterocycles. The van der Waals surface area contributed by atoms with Gasteiger partial charge in [0.25, 0.3) is 0 Å². The number of ether oxygens (including phenoxy) is 1. The van der Waals surface area contributed by atoms with Crippen LogP contribution in [0.4, 0.5) is 4.39 Å². The lowest BCUT2D eigenvalue weighted by Gasteiger charge is -2.22. The minimum Gasteiger partial charge on any atom is -0.465 e. The highest BCUT2D eigenvalue weighted by atomic mass is 32.2. The molecule has 1 aromatic carbocycles. The van der Waals surface area contributed by atoms with Crippen molar-refractivity contribution in [3.63, 3.8) is 0 Å². The van der Waals surface area contributed by atoms with E-state index in [2.05, 4.69) is 0 Å². The van der Waals surface area contributed by atoms with E-state index in [1.807, 2.05) is 0 Å². The molecule has 20 heavy (non-hydrogen) atoms. The van der Waals surface area contributed by atoms with Gasteiger partial charge in [0.1, 0.15) is 16.8 Å². The fourth-order valence-electron chi connectivity index (χ4n) is 2.28. The van der Waals surface area contributed by atoms with Crippen LogP contribution in [0.5, 0.6) is 0 Å². The molecule has 1 aliphatic heterocycles. The van der Waals surface area contributed by atoms with Gasteiger partial charge in [0.2, 0.25) is 10.0 Å². The highest BCUT2D eigenvalue weighted by molar-refractivity contribution is 7.89. The normalized spacial score (nSPS) is 20.0. The maximum absolute atomic E-state index is 13.7. The number of nitrogens with zero attached hydrogens (tertiary/aromatic N) is 1. The van der Waals surface area contributed by atoms with Crippen LogP contribution in [0.25, 0.3) is 0 Å². The van der Waals surface area contributed by atoms with Gasteiger partial charge in [0, 0.05) is 6.54 Å². The van der Waals surface area contributed by atoms with Gasteiger partial charge in [-0.25, -0.2) is 12.8 Å². The molecule has 0 saturated carbocycles. The van der Waals surface area contributed by atoms with Crippen LogP contribution in [0.3, 0.4) is 0 Å². The lowest BCUT2D eigenvalue weighted by atomic mass is 10.2. The van der Waals surface area contributed by atoms with Gasteiger partial charge in [-0.15, -0.1) is 0 Å². The zero-order chi connectivity index (χ0) is 14.8. The molecule has 1 fully saturated rings. The van der Waals surface area contributed by atoms with E-state index < -0.39 is 32.7 Å². The summed E-state index contributed by atoms with van der Waals surface area (Å²) in [5.41, 5.74) is 0. The number of hydrogen-bond acceptors (Lipinski definition) is 4. The Kier molecular flexibility index (Phi) is 4.39. The lowest BCUT2D eigenvalue weighted by molar-refractivity contribution is -0.146. The number of sulfonamides is 1. The first-order valence-corrected chi connectivity index (χ1v) is 7.85. The van der Waals surface area contributed by atoms with E-state index in [9.17, 15) is 17.6 Å². The second-order valence-corrected chi connectivity index (χ2v) is 6.32. The van der Waals surface area contributed by atoms with Gasteiger partial charge in [0.15, 0.2) is 0 Å². The Labute approximate surface area is 117 Å². The molecular formula is C13H16FNO4S. The summed E-state index contributed by atoms with van der Waals surface area (Å²) in [6.45, 7) is 2.03. The molecule has 0 radical (unpaired) electrons. The SMILES string of the molecule is CCOC(=O)C1CCCN1S(=O)(=O)c1ccccc1F. The number of benzene rings is 1. The Balaban J connectivity index is 2.34. The van der Waals surface area contributed by atoms with Crippen molar-refractivity contribution in [1.29, 1.82) is 0 Å². The Morgan fingerprint density at radius 1 is 1.45 bits per heavy atom. The summed E-state index contributed by atoms with van der Waals surface area (Å²) in [6.07, 6.45) is 0.948. The van der Waals surface area contributed by atoms with Crippen LogP contribution >= 0.6 is 0 Å². The van der Waals surface area contributed by atoms with E-state index >= 15 is 0 Å². The predicted octanol–water partition coefficient (Wildman–Crippen LogP) is 1.54. The first-order chi connectivity index (χ1) is 9.48. The molecule has 2 rings (SSSR count). The van der Waals surface area contributed by atoms with Crippen molar-refractivity contribution in [3.8, 4) is 0 Å². The van der Waals surface area contributed by atoms with Gasteiger partial charge in [-0.1, -0.05) is 12.1 Å². The Morgan fingerprint density at radius 3 is 2.80 bits per heavy atom. The van der Waals surface area contributed by atoms with Crippen molar-refractivity contribution >= 4 is 16.0 Å². The number of carbonyl (C=O) groups is 1. The minimum atomic E-state index is -4.02. The van der Waals surface area contributed by atoms with Crippen molar-refractivity contribution in [3.05, 3.63) is 30.1 Å². The monoisotopic (exact) mass is 301 g/mol. The molecule has 1 unspecified atom stereocenters. The van der Waals surface area contributed by atoms with Crippen molar-refractivity contribution < 1.29 is 22.3 Å². The van der Waals surface area contributed by atoms with E-state index in [1.54, 1.807) is 6.92 Å². The smallest absolute Gasteiger partial charge is 0.324 e. The van der Waals surface area contributed by atoms with E-state index in [1.165, 1.54) is 18.2 Å². The van der Waals surface area contributed by atoms with E-state index in [4.69, 9.17) is 4.74 Å². The van der Waals surface area contributed by atoms with Gasteiger partial charge >= 0.3 is 5.97 Å². The standard InChI is InChI=1S/C13H16FNO4S/c1-2-19-13(16)11-7-5-9-15(11)20(17,18)12-8-4-3-6-10(12)14/h3-4,6,8,11H,2,5,7,9H2,1H3. The Bertz CT molecular complexity index is 602. The van der Waals surface area contributed by atoms with Crippen LogP contribution < -0.4 is 0 Å². The third-order valence-electron chi connectivity index (χ3n) is 3.19. The molecule has 0 amide bonds. The maximum Gasteiger partial charge on any atom is 0.324 e.